The fourth-order valence-electron chi connectivity index (χ4n) is 1.93. The number of nitrogen functional groups attached to an aromatic ring is 1. The molecule has 1 aromatic heterocycles. The van der Waals surface area contributed by atoms with Crippen molar-refractivity contribution in [3.8, 4) is 0 Å². The number of thiazole rings is 1. The van der Waals surface area contributed by atoms with Crippen LogP contribution < -0.4 is 5.73 Å². The smallest absolute Gasteiger partial charge is 0.265 e. The number of anilines is 1. The Bertz CT molecular complexity index is 452. The van der Waals surface area contributed by atoms with Crippen LogP contribution in [0.15, 0.2) is 6.20 Å². The summed E-state index contributed by atoms with van der Waals surface area (Å²) in [7, 11) is 0. The summed E-state index contributed by atoms with van der Waals surface area (Å²) in [5.41, 5.74) is 5.46. The molecule has 0 radical (unpaired) electrons. The van der Waals surface area contributed by atoms with E-state index in [-0.39, 0.29) is 17.5 Å². The Labute approximate surface area is 106 Å². The van der Waals surface area contributed by atoms with Gasteiger partial charge in [-0.2, -0.15) is 0 Å². The Hall–Kier alpha value is -1.28. The third-order valence-corrected chi connectivity index (χ3v) is 3.77. The van der Waals surface area contributed by atoms with Crippen LogP contribution in [0, 0.1) is 0 Å². The molecule has 2 heterocycles. The van der Waals surface area contributed by atoms with Gasteiger partial charge in [-0.1, -0.05) is 0 Å². The van der Waals surface area contributed by atoms with E-state index in [0.29, 0.717) is 4.88 Å². The molecule has 1 amide bonds. The van der Waals surface area contributed by atoms with Crippen molar-refractivity contribution < 1.29 is 18.7 Å². The van der Waals surface area contributed by atoms with E-state index in [2.05, 4.69) is 4.98 Å². The first-order valence-electron chi connectivity index (χ1n) is 5.42. The summed E-state index contributed by atoms with van der Waals surface area (Å²) in [5.74, 6) is -3.29. The van der Waals surface area contributed by atoms with Crippen molar-refractivity contribution in [3.63, 3.8) is 0 Å². The molecule has 1 atom stereocenters. The largest absolute Gasteiger partial charge is 0.394 e. The highest BCUT2D eigenvalue weighted by Crippen LogP contribution is 2.34. The summed E-state index contributed by atoms with van der Waals surface area (Å²) >= 11 is 1.08. The molecular weight excluding hydrogens is 264 g/mol. The normalized spacial score (nSPS) is 21.1. The highest BCUT2D eigenvalue weighted by Gasteiger charge is 2.42. The topological polar surface area (TPSA) is 79.5 Å². The molecule has 1 unspecified atom stereocenters. The molecule has 1 aromatic rings. The van der Waals surface area contributed by atoms with E-state index in [4.69, 9.17) is 5.73 Å². The SMILES string of the molecule is Nc1ncc(C(CO)N2CC(F)(F)CCC2=O)s1. The fraction of sp³-hybridized carbons (Fsp3) is 0.600. The molecule has 0 saturated carbocycles. The Morgan fingerprint density at radius 3 is 2.94 bits per heavy atom. The first-order chi connectivity index (χ1) is 8.43. The summed E-state index contributed by atoms with van der Waals surface area (Å²) in [6, 6.07) is -0.793. The summed E-state index contributed by atoms with van der Waals surface area (Å²) in [6.45, 7) is -1.10. The maximum atomic E-state index is 13.3. The zero-order chi connectivity index (χ0) is 13.3. The van der Waals surface area contributed by atoms with Gasteiger partial charge in [-0.25, -0.2) is 13.8 Å². The van der Waals surface area contributed by atoms with Crippen molar-refractivity contribution in [2.45, 2.75) is 24.8 Å². The standard InChI is InChI=1S/C10H13F2N3O2S/c11-10(12)2-1-8(17)15(5-10)6(4-16)7-3-14-9(13)18-7/h3,6,16H,1-2,4-5H2,(H2,13,14). The van der Waals surface area contributed by atoms with Gasteiger partial charge in [-0.3, -0.25) is 4.79 Å². The van der Waals surface area contributed by atoms with Gasteiger partial charge in [0, 0.05) is 19.0 Å². The number of piperidine rings is 1. The first-order valence-corrected chi connectivity index (χ1v) is 6.24. The molecule has 1 aliphatic rings. The number of likely N-dealkylation sites (tertiary alicyclic amines) is 1. The molecule has 0 spiro atoms. The molecular formula is C10H13F2N3O2S. The molecule has 1 fully saturated rings. The second-order valence-corrected chi connectivity index (χ2v) is 5.27. The second kappa shape index (κ2) is 4.77. The van der Waals surface area contributed by atoms with E-state index in [0.717, 1.165) is 16.2 Å². The summed E-state index contributed by atoms with van der Waals surface area (Å²) in [5, 5.41) is 9.61. The number of aliphatic hydroxyl groups is 1. The Morgan fingerprint density at radius 2 is 2.39 bits per heavy atom. The summed E-state index contributed by atoms with van der Waals surface area (Å²) < 4.78 is 26.7. The van der Waals surface area contributed by atoms with E-state index >= 15 is 0 Å². The number of rotatable bonds is 3. The zero-order valence-electron chi connectivity index (χ0n) is 9.47. The lowest BCUT2D eigenvalue weighted by atomic mass is 10.0. The Morgan fingerprint density at radius 1 is 1.67 bits per heavy atom. The van der Waals surface area contributed by atoms with Gasteiger partial charge >= 0.3 is 0 Å². The number of alkyl halides is 2. The molecule has 0 aliphatic carbocycles. The first kappa shape index (κ1) is 13.2. The average Bonchev–Trinajstić information content (AvgIpc) is 2.71. The molecule has 100 valence electrons. The number of nitrogens with zero attached hydrogens (tertiary/aromatic N) is 2. The van der Waals surface area contributed by atoms with E-state index in [1.807, 2.05) is 0 Å². The average molecular weight is 277 g/mol. The maximum Gasteiger partial charge on any atom is 0.265 e. The van der Waals surface area contributed by atoms with Gasteiger partial charge < -0.3 is 15.7 Å². The van der Waals surface area contributed by atoms with E-state index < -0.39 is 31.5 Å². The van der Waals surface area contributed by atoms with Crippen molar-refractivity contribution in [1.29, 1.82) is 0 Å². The van der Waals surface area contributed by atoms with Gasteiger partial charge in [0.2, 0.25) is 5.91 Å². The number of aromatic nitrogens is 1. The van der Waals surface area contributed by atoms with Gasteiger partial charge in [-0.05, 0) is 0 Å². The monoisotopic (exact) mass is 277 g/mol. The quantitative estimate of drug-likeness (QED) is 0.864. The fourth-order valence-corrected chi connectivity index (χ4v) is 2.72. The predicted molar refractivity (Wildman–Crippen MR) is 62.2 cm³/mol. The van der Waals surface area contributed by atoms with Crippen LogP contribution in [0.1, 0.15) is 23.8 Å². The number of aliphatic hydroxyl groups excluding tert-OH is 1. The maximum absolute atomic E-state index is 13.3. The highest BCUT2D eigenvalue weighted by atomic mass is 32.1. The van der Waals surface area contributed by atoms with Crippen LogP contribution in [0.3, 0.4) is 0 Å². The van der Waals surface area contributed by atoms with Gasteiger partial charge in [0.1, 0.15) is 0 Å². The van der Waals surface area contributed by atoms with Gasteiger partial charge in [0.15, 0.2) is 5.13 Å². The lowest BCUT2D eigenvalue weighted by Crippen LogP contribution is -2.48. The van der Waals surface area contributed by atoms with Crippen LogP contribution in [0.4, 0.5) is 13.9 Å². The zero-order valence-corrected chi connectivity index (χ0v) is 10.3. The van der Waals surface area contributed by atoms with Crippen molar-refractivity contribution in [3.05, 3.63) is 11.1 Å². The number of carbonyl (C=O) groups excluding carboxylic acids is 1. The molecule has 2 rings (SSSR count). The number of nitrogens with two attached hydrogens (primary N) is 1. The van der Waals surface area contributed by atoms with E-state index in [1.54, 1.807) is 0 Å². The lowest BCUT2D eigenvalue weighted by Gasteiger charge is -2.36. The lowest BCUT2D eigenvalue weighted by molar-refractivity contribution is -0.152. The molecule has 1 saturated heterocycles. The van der Waals surface area contributed by atoms with Crippen LogP contribution in [0.5, 0.6) is 0 Å². The Kier molecular flexibility index (Phi) is 3.49. The minimum Gasteiger partial charge on any atom is -0.394 e. The Balaban J connectivity index is 2.23. The van der Waals surface area contributed by atoms with Crippen molar-refractivity contribution in [2.24, 2.45) is 0 Å². The van der Waals surface area contributed by atoms with Gasteiger partial charge in [0.05, 0.1) is 24.1 Å². The molecule has 0 aromatic carbocycles. The van der Waals surface area contributed by atoms with Gasteiger partial charge in [0.25, 0.3) is 5.92 Å². The minimum atomic E-state index is -2.91. The van der Waals surface area contributed by atoms with E-state index in [9.17, 15) is 18.7 Å². The van der Waals surface area contributed by atoms with Gasteiger partial charge in [-0.15, -0.1) is 11.3 Å². The second-order valence-electron chi connectivity index (χ2n) is 4.18. The predicted octanol–water partition coefficient (Wildman–Crippen LogP) is 1.02. The van der Waals surface area contributed by atoms with Crippen LogP contribution in [-0.2, 0) is 4.79 Å². The molecule has 8 heteroatoms. The van der Waals surface area contributed by atoms with Crippen LogP contribution in [0.2, 0.25) is 0 Å². The third kappa shape index (κ3) is 2.59. The summed E-state index contributed by atoms with van der Waals surface area (Å²) in [4.78, 5) is 17.0. The van der Waals surface area contributed by atoms with Crippen molar-refractivity contribution in [2.75, 3.05) is 18.9 Å². The minimum absolute atomic E-state index is 0.211. The molecule has 5 nitrogen and oxygen atoms in total. The number of amides is 1. The molecule has 0 bridgehead atoms. The number of carbonyl (C=O) groups is 1. The van der Waals surface area contributed by atoms with Crippen LogP contribution in [-0.4, -0.2) is 40.0 Å². The van der Waals surface area contributed by atoms with E-state index in [1.165, 1.54) is 6.20 Å². The van der Waals surface area contributed by atoms with Crippen molar-refractivity contribution >= 4 is 22.4 Å². The summed E-state index contributed by atoms with van der Waals surface area (Å²) in [6.07, 6.45) is 0.754. The van der Waals surface area contributed by atoms with Crippen molar-refractivity contribution in [1.82, 2.24) is 9.88 Å². The molecule has 18 heavy (non-hydrogen) atoms. The highest BCUT2D eigenvalue weighted by molar-refractivity contribution is 7.15. The number of hydrogen-bond donors (Lipinski definition) is 2. The molecule has 3 N–H and O–H groups in total. The van der Waals surface area contributed by atoms with Crippen LogP contribution in [0.25, 0.3) is 0 Å². The number of halogens is 2. The number of hydrogen-bond acceptors (Lipinski definition) is 5. The third-order valence-electron chi connectivity index (χ3n) is 2.85. The molecule has 1 aliphatic heterocycles. The van der Waals surface area contributed by atoms with Crippen LogP contribution >= 0.6 is 11.3 Å².